The van der Waals surface area contributed by atoms with Crippen molar-refractivity contribution >= 4 is 23.3 Å². The van der Waals surface area contributed by atoms with E-state index in [4.69, 9.17) is 0 Å². The summed E-state index contributed by atoms with van der Waals surface area (Å²) in [6, 6.07) is 3.48. The number of imide groups is 1. The summed E-state index contributed by atoms with van der Waals surface area (Å²) < 4.78 is 0. The summed E-state index contributed by atoms with van der Waals surface area (Å²) in [6.45, 7) is 5.10. The highest BCUT2D eigenvalue weighted by Crippen LogP contribution is 2.07. The molecule has 0 saturated carbocycles. The smallest absolute Gasteiger partial charge is 0.321 e. The largest absolute Gasteiger partial charge is 0.333 e. The summed E-state index contributed by atoms with van der Waals surface area (Å²) in [7, 11) is 0. The Morgan fingerprint density at radius 1 is 1.50 bits per heavy atom. The highest BCUT2D eigenvalue weighted by atomic mass is 32.1. The van der Waals surface area contributed by atoms with Crippen molar-refractivity contribution in [3.63, 3.8) is 0 Å². The summed E-state index contributed by atoms with van der Waals surface area (Å²) in [4.78, 5) is 25.7. The Morgan fingerprint density at radius 3 is 3.05 bits per heavy atom. The molecule has 3 N–H and O–H groups in total. The number of likely N-dealkylation sites (tertiary alicyclic amines) is 1. The molecular formula is C14H22N3O2S+. The zero-order valence-electron chi connectivity index (χ0n) is 11.8. The molecule has 1 saturated heterocycles. The molecule has 110 valence electrons. The fourth-order valence-corrected chi connectivity index (χ4v) is 3.23. The Hall–Kier alpha value is -1.40. The lowest BCUT2D eigenvalue weighted by atomic mass is 10.0. The van der Waals surface area contributed by atoms with Gasteiger partial charge in [-0.15, -0.1) is 11.3 Å². The Bertz CT molecular complexity index is 447. The second-order valence-electron chi connectivity index (χ2n) is 5.44. The van der Waals surface area contributed by atoms with Crippen molar-refractivity contribution in [3.05, 3.63) is 22.4 Å². The second-order valence-corrected chi connectivity index (χ2v) is 6.47. The molecule has 0 spiro atoms. The quantitative estimate of drug-likeness (QED) is 0.752. The van der Waals surface area contributed by atoms with E-state index < -0.39 is 6.03 Å². The van der Waals surface area contributed by atoms with E-state index in [0.29, 0.717) is 19.0 Å². The molecule has 3 amide bonds. The van der Waals surface area contributed by atoms with Gasteiger partial charge >= 0.3 is 6.03 Å². The summed E-state index contributed by atoms with van der Waals surface area (Å²) in [5.41, 5.74) is 0. The van der Waals surface area contributed by atoms with E-state index in [0.717, 1.165) is 24.4 Å². The molecule has 20 heavy (non-hydrogen) atoms. The van der Waals surface area contributed by atoms with Gasteiger partial charge in [0.05, 0.1) is 19.6 Å². The van der Waals surface area contributed by atoms with Crippen molar-refractivity contribution < 1.29 is 14.5 Å². The molecule has 1 unspecified atom stereocenters. The van der Waals surface area contributed by atoms with Crippen LogP contribution in [-0.2, 0) is 11.3 Å². The van der Waals surface area contributed by atoms with Crippen molar-refractivity contribution in [3.8, 4) is 0 Å². The van der Waals surface area contributed by atoms with Crippen LogP contribution >= 0.6 is 11.3 Å². The van der Waals surface area contributed by atoms with E-state index in [1.54, 1.807) is 11.3 Å². The predicted molar refractivity (Wildman–Crippen MR) is 78.7 cm³/mol. The number of rotatable bonds is 4. The monoisotopic (exact) mass is 296 g/mol. The molecule has 6 heteroatoms. The van der Waals surface area contributed by atoms with E-state index in [1.807, 2.05) is 17.5 Å². The van der Waals surface area contributed by atoms with Crippen LogP contribution < -0.4 is 15.5 Å². The molecule has 0 aromatic carbocycles. The van der Waals surface area contributed by atoms with Crippen LogP contribution in [0.1, 0.15) is 24.6 Å². The normalized spacial score (nSPS) is 22.2. The molecule has 2 heterocycles. The fourth-order valence-electron chi connectivity index (χ4n) is 2.58. The van der Waals surface area contributed by atoms with Gasteiger partial charge in [0, 0.05) is 10.8 Å². The maximum Gasteiger partial charge on any atom is 0.321 e. The van der Waals surface area contributed by atoms with E-state index in [-0.39, 0.29) is 5.91 Å². The Balaban J connectivity index is 1.67. The molecule has 0 bridgehead atoms. The first kappa shape index (κ1) is 15.0. The van der Waals surface area contributed by atoms with E-state index in [9.17, 15) is 9.59 Å². The summed E-state index contributed by atoms with van der Waals surface area (Å²) in [6.07, 6.45) is 2.40. The minimum atomic E-state index is -0.409. The van der Waals surface area contributed by atoms with Crippen LogP contribution in [-0.4, -0.2) is 31.6 Å². The van der Waals surface area contributed by atoms with Crippen LogP contribution in [0.15, 0.2) is 17.5 Å². The lowest BCUT2D eigenvalue weighted by Crippen LogP contribution is -3.14. The molecule has 0 radical (unpaired) electrons. The molecule has 2 atom stereocenters. The molecule has 0 aliphatic carbocycles. The third-order valence-corrected chi connectivity index (χ3v) is 4.41. The number of carbonyl (C=O) groups is 2. The molecular weight excluding hydrogens is 274 g/mol. The maximum absolute atomic E-state index is 11.8. The van der Waals surface area contributed by atoms with Crippen molar-refractivity contribution in [1.29, 1.82) is 0 Å². The number of carbonyl (C=O) groups excluding carboxylic acids is 2. The van der Waals surface area contributed by atoms with Crippen molar-refractivity contribution in [2.24, 2.45) is 5.92 Å². The topological polar surface area (TPSA) is 62.6 Å². The highest BCUT2D eigenvalue weighted by molar-refractivity contribution is 7.09. The van der Waals surface area contributed by atoms with Crippen LogP contribution in [0.2, 0.25) is 0 Å². The number of thiophene rings is 1. The highest BCUT2D eigenvalue weighted by Gasteiger charge is 2.22. The molecule has 1 aliphatic rings. The van der Waals surface area contributed by atoms with Crippen molar-refractivity contribution in [2.45, 2.75) is 26.3 Å². The molecule has 5 nitrogen and oxygen atoms in total. The van der Waals surface area contributed by atoms with Crippen LogP contribution in [0.25, 0.3) is 0 Å². The van der Waals surface area contributed by atoms with Crippen molar-refractivity contribution in [1.82, 2.24) is 10.6 Å². The Kier molecular flexibility index (Phi) is 5.55. The van der Waals surface area contributed by atoms with Gasteiger partial charge in [-0.05, 0) is 24.3 Å². The van der Waals surface area contributed by atoms with Crippen LogP contribution in [0.3, 0.4) is 0 Å². The Labute approximate surface area is 123 Å². The van der Waals surface area contributed by atoms with Crippen LogP contribution in [0.5, 0.6) is 0 Å². The summed E-state index contributed by atoms with van der Waals surface area (Å²) in [5.74, 6) is 0.469. The number of hydrogen-bond acceptors (Lipinski definition) is 3. The predicted octanol–water partition coefficient (Wildman–Crippen LogP) is 0.389. The van der Waals surface area contributed by atoms with E-state index in [2.05, 4.69) is 17.6 Å². The van der Waals surface area contributed by atoms with Gasteiger partial charge in [-0.1, -0.05) is 13.0 Å². The molecule has 2 rings (SSSR count). The molecule has 1 fully saturated rings. The number of nitrogens with one attached hydrogen (secondary N) is 3. The van der Waals surface area contributed by atoms with E-state index in [1.165, 1.54) is 11.3 Å². The summed E-state index contributed by atoms with van der Waals surface area (Å²) in [5, 5.41) is 7.05. The van der Waals surface area contributed by atoms with Crippen LogP contribution in [0.4, 0.5) is 4.79 Å². The first-order valence-corrected chi connectivity index (χ1v) is 7.95. The van der Waals surface area contributed by atoms with Crippen LogP contribution in [0, 0.1) is 5.92 Å². The first-order valence-electron chi connectivity index (χ1n) is 7.07. The number of urea groups is 1. The van der Waals surface area contributed by atoms with Gasteiger partial charge in [-0.3, -0.25) is 10.1 Å². The van der Waals surface area contributed by atoms with Gasteiger partial charge in [0.25, 0.3) is 5.91 Å². The average Bonchev–Trinajstić information content (AvgIpc) is 2.89. The standard InChI is InChI=1S/C14H21N3O2S/c1-11-4-2-6-17(9-11)10-13(18)16-14(19)15-8-12-5-3-7-20-12/h3,5,7,11H,2,4,6,8-10H2,1H3,(H2,15,16,18,19)/p+1/t11-/m0/s1. The maximum atomic E-state index is 11.8. The molecule has 1 aromatic rings. The minimum Gasteiger partial charge on any atom is -0.333 e. The molecule has 1 aromatic heterocycles. The third kappa shape index (κ3) is 4.94. The minimum absolute atomic E-state index is 0.197. The van der Waals surface area contributed by atoms with Gasteiger partial charge in [-0.2, -0.15) is 0 Å². The van der Waals surface area contributed by atoms with Gasteiger partial charge in [0.2, 0.25) is 0 Å². The van der Waals surface area contributed by atoms with E-state index >= 15 is 0 Å². The average molecular weight is 296 g/mol. The SMILES string of the molecule is C[C@H]1CCC[NH+](CC(=O)NC(=O)NCc2cccs2)C1. The van der Waals surface area contributed by atoms with Crippen molar-refractivity contribution in [2.75, 3.05) is 19.6 Å². The first-order chi connectivity index (χ1) is 9.63. The zero-order chi connectivity index (χ0) is 14.4. The number of quaternary nitrogens is 1. The zero-order valence-corrected chi connectivity index (χ0v) is 12.6. The second kappa shape index (κ2) is 7.40. The Morgan fingerprint density at radius 2 is 2.35 bits per heavy atom. The van der Waals surface area contributed by atoms with Gasteiger partial charge in [0.1, 0.15) is 0 Å². The molecule has 1 aliphatic heterocycles. The third-order valence-electron chi connectivity index (χ3n) is 3.53. The number of piperidine rings is 1. The lowest BCUT2D eigenvalue weighted by molar-refractivity contribution is -0.900. The number of hydrogen-bond donors (Lipinski definition) is 3. The fraction of sp³-hybridized carbons (Fsp3) is 0.571. The summed E-state index contributed by atoms with van der Waals surface area (Å²) >= 11 is 1.58. The van der Waals surface area contributed by atoms with Gasteiger partial charge in [0.15, 0.2) is 6.54 Å². The van der Waals surface area contributed by atoms with Gasteiger partial charge < -0.3 is 10.2 Å². The number of amides is 3. The van der Waals surface area contributed by atoms with Gasteiger partial charge in [-0.25, -0.2) is 4.79 Å². The lowest BCUT2D eigenvalue weighted by Gasteiger charge is -2.27.